The summed E-state index contributed by atoms with van der Waals surface area (Å²) in [7, 11) is 0. The van der Waals surface area contributed by atoms with E-state index in [1.165, 1.54) is 0 Å². The second-order valence-corrected chi connectivity index (χ2v) is 4.17. The van der Waals surface area contributed by atoms with Gasteiger partial charge < -0.3 is 9.84 Å². The summed E-state index contributed by atoms with van der Waals surface area (Å²) in [5.41, 5.74) is 1.02. The molecule has 0 spiro atoms. The Morgan fingerprint density at radius 1 is 1.56 bits per heavy atom. The Kier molecular flexibility index (Phi) is 5.50. The van der Waals surface area contributed by atoms with Crippen LogP contribution in [0.2, 0.25) is 5.02 Å². The highest BCUT2D eigenvalue weighted by Crippen LogP contribution is 2.20. The molecule has 0 heterocycles. The molecule has 0 aromatic heterocycles. The van der Waals surface area contributed by atoms with E-state index < -0.39 is 6.09 Å². The molecule has 0 unspecified atom stereocenters. The van der Waals surface area contributed by atoms with Gasteiger partial charge in [-0.2, -0.15) is 0 Å². The first-order valence-electron chi connectivity index (χ1n) is 5.40. The van der Waals surface area contributed by atoms with Gasteiger partial charge in [-0.25, -0.2) is 4.79 Å². The fraction of sp³-hybridized carbons (Fsp3) is 0.308. The van der Waals surface area contributed by atoms with Crippen molar-refractivity contribution in [2.75, 3.05) is 11.9 Å². The van der Waals surface area contributed by atoms with E-state index in [1.54, 1.807) is 32.0 Å². The molecule has 0 saturated carbocycles. The van der Waals surface area contributed by atoms with Gasteiger partial charge in [-0.1, -0.05) is 23.4 Å². The van der Waals surface area contributed by atoms with Gasteiger partial charge in [0.05, 0.1) is 11.8 Å². The fourth-order valence-electron chi connectivity index (χ4n) is 1.22. The van der Waals surface area contributed by atoms with Crippen LogP contribution in [0.25, 0.3) is 0 Å². The Labute approximate surface area is 111 Å². The smallest absolute Gasteiger partial charge is 0.411 e. The molecule has 0 saturated heterocycles. The number of anilines is 1. The van der Waals surface area contributed by atoms with Crippen molar-refractivity contribution < 1.29 is 14.6 Å². The Balaban J connectivity index is 2.92. The number of rotatable bonds is 2. The molecule has 0 aliphatic heterocycles. The van der Waals surface area contributed by atoms with Crippen molar-refractivity contribution in [3.8, 4) is 11.8 Å². The van der Waals surface area contributed by atoms with Crippen LogP contribution >= 0.6 is 11.6 Å². The summed E-state index contributed by atoms with van der Waals surface area (Å²) in [4.78, 5) is 11.5. The van der Waals surface area contributed by atoms with E-state index in [1.807, 2.05) is 0 Å². The van der Waals surface area contributed by atoms with Crippen LogP contribution in [0.1, 0.15) is 19.4 Å². The number of nitrogens with one attached hydrogen (secondary N) is 1. The number of halogens is 1. The van der Waals surface area contributed by atoms with Gasteiger partial charge in [-0.15, -0.1) is 0 Å². The summed E-state index contributed by atoms with van der Waals surface area (Å²) in [5.74, 6) is 5.23. The van der Waals surface area contributed by atoms with E-state index in [0.717, 1.165) is 0 Å². The second kappa shape index (κ2) is 6.90. The van der Waals surface area contributed by atoms with Crippen molar-refractivity contribution in [3.05, 3.63) is 28.8 Å². The molecule has 0 bridgehead atoms. The molecule has 0 aliphatic rings. The van der Waals surface area contributed by atoms with Crippen LogP contribution in [0.5, 0.6) is 0 Å². The zero-order valence-electron chi connectivity index (χ0n) is 10.2. The molecule has 4 nitrogen and oxygen atoms in total. The van der Waals surface area contributed by atoms with Crippen molar-refractivity contribution >= 4 is 23.4 Å². The first-order chi connectivity index (χ1) is 8.52. The summed E-state index contributed by atoms with van der Waals surface area (Å²) in [6.45, 7) is 3.26. The van der Waals surface area contributed by atoms with Gasteiger partial charge in [0.2, 0.25) is 0 Å². The SMILES string of the molecule is CC(C)OC(=O)Nc1cc(Cl)ccc1C#CCO. The lowest BCUT2D eigenvalue weighted by molar-refractivity contribution is 0.130. The van der Waals surface area contributed by atoms with Crippen LogP contribution in [0, 0.1) is 11.8 Å². The van der Waals surface area contributed by atoms with Crippen LogP contribution in [-0.2, 0) is 4.74 Å². The topological polar surface area (TPSA) is 58.6 Å². The number of carbonyl (C=O) groups is 1. The van der Waals surface area contributed by atoms with Crippen LogP contribution in [0.15, 0.2) is 18.2 Å². The number of aliphatic hydroxyl groups is 1. The molecule has 5 heteroatoms. The number of ether oxygens (including phenoxy) is 1. The molecule has 0 aliphatic carbocycles. The highest BCUT2D eigenvalue weighted by molar-refractivity contribution is 6.31. The monoisotopic (exact) mass is 267 g/mol. The highest BCUT2D eigenvalue weighted by atomic mass is 35.5. The van der Waals surface area contributed by atoms with Gasteiger partial charge in [0.25, 0.3) is 0 Å². The molecular formula is C13H14ClNO3. The van der Waals surface area contributed by atoms with Crippen molar-refractivity contribution in [2.45, 2.75) is 20.0 Å². The molecule has 0 radical (unpaired) electrons. The third-order valence-electron chi connectivity index (χ3n) is 1.86. The second-order valence-electron chi connectivity index (χ2n) is 3.73. The molecule has 1 aromatic rings. The van der Waals surface area contributed by atoms with E-state index in [9.17, 15) is 4.79 Å². The van der Waals surface area contributed by atoms with Gasteiger partial charge in [0.15, 0.2) is 0 Å². The zero-order chi connectivity index (χ0) is 13.5. The van der Waals surface area contributed by atoms with Gasteiger partial charge in [-0.05, 0) is 32.0 Å². The predicted molar refractivity (Wildman–Crippen MR) is 70.7 cm³/mol. The lowest BCUT2D eigenvalue weighted by Gasteiger charge is -2.11. The molecular weight excluding hydrogens is 254 g/mol. The maximum atomic E-state index is 11.5. The first-order valence-corrected chi connectivity index (χ1v) is 5.77. The van der Waals surface area contributed by atoms with E-state index in [2.05, 4.69) is 17.2 Å². The van der Waals surface area contributed by atoms with Crippen LogP contribution in [0.3, 0.4) is 0 Å². The molecule has 96 valence electrons. The van der Waals surface area contributed by atoms with E-state index >= 15 is 0 Å². The molecule has 1 amide bonds. The van der Waals surface area contributed by atoms with Gasteiger partial charge in [-0.3, -0.25) is 5.32 Å². The number of amides is 1. The fourth-order valence-corrected chi connectivity index (χ4v) is 1.39. The minimum absolute atomic E-state index is 0.212. The van der Waals surface area contributed by atoms with Crippen molar-refractivity contribution in [2.24, 2.45) is 0 Å². The van der Waals surface area contributed by atoms with E-state index in [-0.39, 0.29) is 12.7 Å². The quantitative estimate of drug-likeness (QED) is 0.810. The maximum Gasteiger partial charge on any atom is 0.411 e. The Bertz CT molecular complexity index is 489. The van der Waals surface area contributed by atoms with Crippen LogP contribution < -0.4 is 5.32 Å². The molecule has 1 aromatic carbocycles. The minimum Gasteiger partial charge on any atom is -0.447 e. The molecule has 1 rings (SSSR count). The zero-order valence-corrected chi connectivity index (χ0v) is 10.9. The maximum absolute atomic E-state index is 11.5. The summed E-state index contributed by atoms with van der Waals surface area (Å²) in [6.07, 6.45) is -0.782. The molecule has 18 heavy (non-hydrogen) atoms. The largest absolute Gasteiger partial charge is 0.447 e. The number of benzene rings is 1. The predicted octanol–water partition coefficient (Wildman–Crippen LogP) is 2.64. The van der Waals surface area contributed by atoms with Crippen molar-refractivity contribution in [1.82, 2.24) is 0 Å². The molecule has 0 fully saturated rings. The third-order valence-corrected chi connectivity index (χ3v) is 2.10. The number of aliphatic hydroxyl groups excluding tert-OH is 1. The molecule has 2 N–H and O–H groups in total. The van der Waals surface area contributed by atoms with Gasteiger partial charge >= 0.3 is 6.09 Å². The standard InChI is InChI=1S/C13H14ClNO3/c1-9(2)18-13(17)15-12-8-11(14)6-5-10(12)4-3-7-16/h5-6,8-9,16H,7H2,1-2H3,(H,15,17). The normalized spacial score (nSPS) is 9.61. The Hall–Kier alpha value is -1.70. The highest BCUT2D eigenvalue weighted by Gasteiger charge is 2.08. The minimum atomic E-state index is -0.570. The lowest BCUT2D eigenvalue weighted by Crippen LogP contribution is -2.18. The third kappa shape index (κ3) is 4.66. The average molecular weight is 268 g/mol. The first kappa shape index (κ1) is 14.4. The van der Waals surface area contributed by atoms with Crippen LogP contribution in [-0.4, -0.2) is 23.9 Å². The molecule has 0 atom stereocenters. The van der Waals surface area contributed by atoms with Gasteiger partial charge in [0.1, 0.15) is 6.61 Å². The van der Waals surface area contributed by atoms with Crippen molar-refractivity contribution in [1.29, 1.82) is 0 Å². The lowest BCUT2D eigenvalue weighted by atomic mass is 10.2. The van der Waals surface area contributed by atoms with E-state index in [4.69, 9.17) is 21.4 Å². The Morgan fingerprint density at radius 2 is 2.28 bits per heavy atom. The van der Waals surface area contributed by atoms with Crippen LogP contribution in [0.4, 0.5) is 10.5 Å². The number of hydrogen-bond donors (Lipinski definition) is 2. The number of carbonyl (C=O) groups excluding carboxylic acids is 1. The summed E-state index contributed by atoms with van der Waals surface area (Å²) in [5, 5.41) is 11.7. The van der Waals surface area contributed by atoms with Crippen molar-refractivity contribution in [3.63, 3.8) is 0 Å². The summed E-state index contributed by atoms with van der Waals surface area (Å²) >= 11 is 5.85. The Morgan fingerprint density at radius 3 is 2.89 bits per heavy atom. The number of hydrogen-bond acceptors (Lipinski definition) is 3. The average Bonchev–Trinajstić information content (AvgIpc) is 2.26. The van der Waals surface area contributed by atoms with Gasteiger partial charge in [0, 0.05) is 10.6 Å². The summed E-state index contributed by atoms with van der Waals surface area (Å²) in [6, 6.07) is 4.89. The summed E-state index contributed by atoms with van der Waals surface area (Å²) < 4.78 is 4.96. The van der Waals surface area contributed by atoms with E-state index in [0.29, 0.717) is 16.3 Å².